The second kappa shape index (κ2) is 6.60. The fraction of sp³-hybridized carbons (Fsp3) is 0.0952. The smallest absolute Gasteiger partial charge is 0.416 e. The van der Waals surface area contributed by atoms with E-state index >= 15 is 0 Å². The third-order valence-electron chi connectivity index (χ3n) is 4.47. The van der Waals surface area contributed by atoms with Crippen LogP contribution in [0, 0.1) is 0 Å². The van der Waals surface area contributed by atoms with E-state index in [-0.39, 0.29) is 17.0 Å². The molecule has 0 radical (unpaired) electrons. The molecule has 0 spiro atoms. The van der Waals surface area contributed by atoms with Gasteiger partial charge in [0.05, 0.1) is 11.1 Å². The maximum atomic E-state index is 13.0. The Morgan fingerprint density at radius 1 is 1.00 bits per heavy atom. The SMILES string of the molecule is O=C(O)c1cc2oc(-c3cccc(C(F)(F)F)c3)cc2n1Cc1ccccc1. The highest BCUT2D eigenvalue weighted by Gasteiger charge is 2.30. The molecule has 0 aliphatic rings. The fourth-order valence-electron chi connectivity index (χ4n) is 3.15. The fourth-order valence-corrected chi connectivity index (χ4v) is 3.15. The van der Waals surface area contributed by atoms with Gasteiger partial charge in [-0.15, -0.1) is 0 Å². The molecule has 7 heteroatoms. The Morgan fingerprint density at radius 3 is 2.43 bits per heavy atom. The van der Waals surface area contributed by atoms with E-state index in [9.17, 15) is 23.1 Å². The van der Waals surface area contributed by atoms with Crippen LogP contribution in [0.2, 0.25) is 0 Å². The van der Waals surface area contributed by atoms with E-state index in [1.807, 2.05) is 30.3 Å². The molecular weight excluding hydrogens is 371 g/mol. The van der Waals surface area contributed by atoms with Gasteiger partial charge in [-0.1, -0.05) is 42.5 Å². The lowest BCUT2D eigenvalue weighted by Crippen LogP contribution is -2.09. The average Bonchev–Trinajstić information content (AvgIpc) is 3.21. The van der Waals surface area contributed by atoms with Crippen molar-refractivity contribution in [3.63, 3.8) is 0 Å². The first kappa shape index (κ1) is 17.9. The average molecular weight is 385 g/mol. The number of fused-ring (bicyclic) bond motifs is 1. The zero-order valence-corrected chi connectivity index (χ0v) is 14.4. The number of hydrogen-bond donors (Lipinski definition) is 1. The molecule has 4 aromatic rings. The van der Waals surface area contributed by atoms with Gasteiger partial charge in [0.2, 0.25) is 0 Å². The van der Waals surface area contributed by atoms with Crippen molar-refractivity contribution in [1.29, 1.82) is 0 Å². The van der Waals surface area contributed by atoms with Crippen molar-refractivity contribution in [2.24, 2.45) is 0 Å². The molecule has 4 nitrogen and oxygen atoms in total. The summed E-state index contributed by atoms with van der Waals surface area (Å²) in [4.78, 5) is 11.6. The van der Waals surface area contributed by atoms with Gasteiger partial charge in [0.25, 0.3) is 0 Å². The predicted molar refractivity (Wildman–Crippen MR) is 97.1 cm³/mol. The van der Waals surface area contributed by atoms with Gasteiger partial charge in [0, 0.05) is 24.2 Å². The number of alkyl halides is 3. The van der Waals surface area contributed by atoms with E-state index in [1.165, 1.54) is 18.2 Å². The molecule has 2 aromatic carbocycles. The summed E-state index contributed by atoms with van der Waals surface area (Å²) < 4.78 is 46.2. The molecule has 0 aliphatic carbocycles. The van der Waals surface area contributed by atoms with Gasteiger partial charge in [-0.05, 0) is 17.7 Å². The molecule has 0 unspecified atom stereocenters. The van der Waals surface area contributed by atoms with E-state index in [0.29, 0.717) is 17.6 Å². The lowest BCUT2D eigenvalue weighted by atomic mass is 10.1. The van der Waals surface area contributed by atoms with E-state index in [1.54, 1.807) is 10.6 Å². The van der Waals surface area contributed by atoms with Gasteiger partial charge in [0.1, 0.15) is 11.5 Å². The van der Waals surface area contributed by atoms with Crippen LogP contribution in [0.4, 0.5) is 13.2 Å². The first-order valence-electron chi connectivity index (χ1n) is 8.41. The quantitative estimate of drug-likeness (QED) is 0.493. The molecule has 142 valence electrons. The van der Waals surface area contributed by atoms with Crippen molar-refractivity contribution >= 4 is 17.1 Å². The summed E-state index contributed by atoms with van der Waals surface area (Å²) in [5.41, 5.74) is 1.26. The summed E-state index contributed by atoms with van der Waals surface area (Å²) >= 11 is 0. The van der Waals surface area contributed by atoms with Crippen LogP contribution in [0.3, 0.4) is 0 Å². The van der Waals surface area contributed by atoms with Crippen LogP contribution in [-0.4, -0.2) is 15.6 Å². The maximum absolute atomic E-state index is 13.0. The Hall–Kier alpha value is -3.48. The molecule has 0 amide bonds. The Balaban J connectivity index is 1.81. The van der Waals surface area contributed by atoms with Crippen LogP contribution in [0.15, 0.2) is 71.1 Å². The molecule has 2 heterocycles. The molecule has 2 aromatic heterocycles. The van der Waals surface area contributed by atoms with E-state index in [2.05, 4.69) is 0 Å². The zero-order valence-electron chi connectivity index (χ0n) is 14.4. The second-order valence-electron chi connectivity index (χ2n) is 6.35. The van der Waals surface area contributed by atoms with Gasteiger partial charge in [-0.3, -0.25) is 0 Å². The number of hydrogen-bond acceptors (Lipinski definition) is 2. The first-order valence-corrected chi connectivity index (χ1v) is 8.41. The largest absolute Gasteiger partial charge is 0.477 e. The summed E-state index contributed by atoms with van der Waals surface area (Å²) in [7, 11) is 0. The van der Waals surface area contributed by atoms with Crippen LogP contribution < -0.4 is 0 Å². The lowest BCUT2D eigenvalue weighted by Gasteiger charge is -2.08. The number of carboxylic acids is 1. The number of furan rings is 1. The summed E-state index contributed by atoms with van der Waals surface area (Å²) in [5, 5.41) is 9.49. The number of rotatable bonds is 4. The minimum absolute atomic E-state index is 0.0493. The van der Waals surface area contributed by atoms with E-state index in [4.69, 9.17) is 4.42 Å². The number of carbonyl (C=O) groups is 1. The van der Waals surface area contributed by atoms with Crippen LogP contribution in [-0.2, 0) is 12.7 Å². The van der Waals surface area contributed by atoms with Crippen LogP contribution >= 0.6 is 0 Å². The molecule has 0 atom stereocenters. The minimum atomic E-state index is -4.46. The van der Waals surface area contributed by atoms with E-state index in [0.717, 1.165) is 17.7 Å². The number of aromatic carboxylic acids is 1. The molecule has 4 rings (SSSR count). The topological polar surface area (TPSA) is 55.4 Å². The highest BCUT2D eigenvalue weighted by atomic mass is 19.4. The van der Waals surface area contributed by atoms with Crippen molar-refractivity contribution in [3.05, 3.63) is 83.6 Å². The molecule has 1 N–H and O–H groups in total. The normalized spacial score (nSPS) is 11.8. The standard InChI is InChI=1S/C21H14F3NO3/c22-21(23,24)15-8-4-7-14(9-15)18-10-16-19(28-18)11-17(20(26)27)25(16)12-13-5-2-1-3-6-13/h1-11H,12H2,(H,26,27). The Labute approximate surface area is 157 Å². The summed E-state index contributed by atoms with van der Waals surface area (Å²) in [6.07, 6.45) is -4.46. The number of nitrogens with zero attached hydrogens (tertiary/aromatic N) is 1. The molecule has 0 fully saturated rings. The van der Waals surface area contributed by atoms with E-state index < -0.39 is 17.7 Å². The molecule has 0 aliphatic heterocycles. The third-order valence-corrected chi connectivity index (χ3v) is 4.47. The van der Waals surface area contributed by atoms with Gasteiger partial charge >= 0.3 is 12.1 Å². The van der Waals surface area contributed by atoms with Gasteiger partial charge in [-0.25, -0.2) is 4.79 Å². The molecule has 28 heavy (non-hydrogen) atoms. The number of aromatic nitrogens is 1. The van der Waals surface area contributed by atoms with Gasteiger partial charge < -0.3 is 14.1 Å². The minimum Gasteiger partial charge on any atom is -0.477 e. The Bertz CT molecular complexity index is 1160. The Kier molecular flexibility index (Phi) is 4.22. The maximum Gasteiger partial charge on any atom is 0.416 e. The number of halogens is 3. The van der Waals surface area contributed by atoms with Gasteiger partial charge in [-0.2, -0.15) is 13.2 Å². The van der Waals surface area contributed by atoms with Crippen molar-refractivity contribution in [2.75, 3.05) is 0 Å². The number of carboxylic acid groups (broad SMARTS) is 1. The van der Waals surface area contributed by atoms with Crippen LogP contribution in [0.1, 0.15) is 21.6 Å². The second-order valence-corrected chi connectivity index (χ2v) is 6.35. The summed E-state index contributed by atoms with van der Waals surface area (Å²) in [6.45, 7) is 0.299. The van der Waals surface area contributed by atoms with Crippen LogP contribution in [0.25, 0.3) is 22.4 Å². The van der Waals surface area contributed by atoms with Crippen LogP contribution in [0.5, 0.6) is 0 Å². The third kappa shape index (κ3) is 3.26. The molecule has 0 bridgehead atoms. The van der Waals surface area contributed by atoms with Crippen molar-refractivity contribution < 1.29 is 27.5 Å². The number of benzene rings is 2. The monoisotopic (exact) mass is 385 g/mol. The molecular formula is C21H14F3NO3. The first-order chi connectivity index (χ1) is 13.3. The highest BCUT2D eigenvalue weighted by molar-refractivity contribution is 5.94. The van der Waals surface area contributed by atoms with Crippen molar-refractivity contribution in [2.45, 2.75) is 12.7 Å². The molecule has 0 saturated heterocycles. The predicted octanol–water partition coefficient (Wildman–Crippen LogP) is 5.67. The molecule has 0 saturated carbocycles. The summed E-state index contributed by atoms with van der Waals surface area (Å²) in [6, 6.07) is 17.1. The summed E-state index contributed by atoms with van der Waals surface area (Å²) in [5.74, 6) is -0.863. The van der Waals surface area contributed by atoms with Crippen molar-refractivity contribution in [1.82, 2.24) is 4.57 Å². The lowest BCUT2D eigenvalue weighted by molar-refractivity contribution is -0.137. The van der Waals surface area contributed by atoms with Gasteiger partial charge in [0.15, 0.2) is 5.58 Å². The van der Waals surface area contributed by atoms with Crippen molar-refractivity contribution in [3.8, 4) is 11.3 Å². The highest BCUT2D eigenvalue weighted by Crippen LogP contribution is 2.35. The Morgan fingerprint density at radius 2 is 1.75 bits per heavy atom. The zero-order chi connectivity index (χ0) is 19.9.